The molecule has 24 valence electrons. The summed E-state index contributed by atoms with van der Waals surface area (Å²) in [5.74, 6) is 0. The average molecular weight is 108 g/mol. The van der Waals surface area contributed by atoms with Gasteiger partial charge in [-0.3, -0.25) is 0 Å². The molecule has 0 saturated heterocycles. The second kappa shape index (κ2) is 8.82. The molecule has 0 aromatic rings. The molecule has 0 amide bonds. The maximum absolute atomic E-state index is 7.04. The average Bonchev–Trinajstić information content (AvgIpc) is 0.918. The molecule has 0 aliphatic carbocycles. The van der Waals surface area contributed by atoms with Crippen molar-refractivity contribution in [1.82, 2.24) is 0 Å². The van der Waals surface area contributed by atoms with Crippen molar-refractivity contribution in [3.8, 4) is 0 Å². The van der Waals surface area contributed by atoms with Crippen LogP contribution in [-0.2, 0) is 0 Å². The first-order valence-electron chi connectivity index (χ1n) is 0.365. The van der Waals surface area contributed by atoms with E-state index in [1.807, 2.05) is 0 Å². The Balaban J connectivity index is 0. The third kappa shape index (κ3) is 9.65. The van der Waals surface area contributed by atoms with Crippen LogP contribution in [-0.4, -0.2) is 46.8 Å². The Morgan fingerprint density at radius 1 is 1.25 bits per heavy atom. The molecule has 0 heterocycles. The van der Waals surface area contributed by atoms with Crippen LogP contribution in [0.5, 0.6) is 0 Å². The summed E-state index contributed by atoms with van der Waals surface area (Å²) < 4.78 is 14.1. The Hall–Kier alpha value is 1.53. The molecular weight excluding hydrogens is 104 g/mol. The second-order valence-electron chi connectivity index (χ2n) is 0.0816. The topological polar surface area (TPSA) is 40.5 Å². The molecule has 0 aromatic heterocycles. The van der Waals surface area contributed by atoms with Gasteiger partial charge in [-0.25, -0.2) is 0 Å². The third-order valence-electron chi connectivity index (χ3n) is 0. The molecule has 2 N–H and O–H groups in total. The first kappa shape index (κ1) is 9.11. The van der Waals surface area contributed by atoms with Gasteiger partial charge in [-0.1, -0.05) is 0 Å². The minimum atomic E-state index is -0.250. The van der Waals surface area contributed by atoms with E-state index in [1.54, 1.807) is 0 Å². The van der Waals surface area contributed by atoms with E-state index in [-0.39, 0.29) is 50.1 Å². The van der Waals surface area contributed by atoms with Crippen molar-refractivity contribution in [3.63, 3.8) is 0 Å². The van der Waals surface area contributed by atoms with Crippen molar-refractivity contribution in [2.24, 2.45) is 0 Å². The molecular formula is H4CaO2S. The summed E-state index contributed by atoms with van der Waals surface area (Å²) >= 11 is -0.250. The predicted molar refractivity (Wildman–Crippen MR) is 21.4 cm³/mol. The summed E-state index contributed by atoms with van der Waals surface area (Å²) in [6.45, 7) is 0. The zero-order chi connectivity index (χ0) is 2.71. The molecule has 2 nitrogen and oxygen atoms in total. The van der Waals surface area contributed by atoms with Crippen LogP contribution in [0.15, 0.2) is 0 Å². The van der Waals surface area contributed by atoms with Crippen LogP contribution < -0.4 is 0 Å². The van der Waals surface area contributed by atoms with E-state index >= 15 is 0 Å². The zero-order valence-electron chi connectivity index (χ0n) is 1.30. The van der Waals surface area contributed by atoms with Crippen molar-refractivity contribution in [2.75, 3.05) is 0 Å². The Bertz CT molecular complexity index is 6.00. The van der Waals surface area contributed by atoms with Gasteiger partial charge in [0.1, 0.15) is 0 Å². The summed E-state index contributed by atoms with van der Waals surface area (Å²) in [7, 11) is 0. The zero-order valence-corrected chi connectivity index (χ0v) is 2.12. The van der Waals surface area contributed by atoms with Crippen molar-refractivity contribution >= 4 is 50.1 Å². The maximum atomic E-state index is 7.04. The van der Waals surface area contributed by atoms with Crippen LogP contribution in [0.1, 0.15) is 0 Å². The van der Waals surface area contributed by atoms with Gasteiger partial charge < -0.3 is 9.11 Å². The Morgan fingerprint density at radius 3 is 1.25 bits per heavy atom. The van der Waals surface area contributed by atoms with Crippen LogP contribution in [0.4, 0.5) is 0 Å². The third-order valence-corrected chi connectivity index (χ3v) is 0. The SMILES string of the molecule is OSO.[CaH2]. The standard InChI is InChI=1S/Ca.H2O2S.2H/c;1-3-2;;/h;1-2H;;. The van der Waals surface area contributed by atoms with Gasteiger partial charge in [0.2, 0.25) is 0 Å². The van der Waals surface area contributed by atoms with Crippen molar-refractivity contribution in [3.05, 3.63) is 0 Å². The van der Waals surface area contributed by atoms with Crippen LogP contribution in [0.25, 0.3) is 0 Å². The summed E-state index contributed by atoms with van der Waals surface area (Å²) in [5, 5.41) is 0. The predicted octanol–water partition coefficient (Wildman–Crippen LogP) is -0.251. The number of rotatable bonds is 0. The van der Waals surface area contributed by atoms with Crippen LogP contribution in [0, 0.1) is 0 Å². The molecule has 0 aromatic carbocycles. The van der Waals surface area contributed by atoms with E-state index in [4.69, 9.17) is 9.11 Å². The van der Waals surface area contributed by atoms with Gasteiger partial charge in [0, 0.05) is 0 Å². The number of hydrogen-bond donors (Lipinski definition) is 2. The number of hydrogen-bond acceptors (Lipinski definition) is 3. The Labute approximate surface area is 58.6 Å². The van der Waals surface area contributed by atoms with Crippen molar-refractivity contribution < 1.29 is 9.11 Å². The van der Waals surface area contributed by atoms with E-state index in [0.717, 1.165) is 0 Å². The summed E-state index contributed by atoms with van der Waals surface area (Å²) in [6, 6.07) is 0. The first-order valence-corrected chi connectivity index (χ1v) is 1.10. The molecule has 0 radical (unpaired) electrons. The van der Waals surface area contributed by atoms with Gasteiger partial charge in [-0.2, -0.15) is 0 Å². The molecule has 0 unspecified atom stereocenters. The molecule has 0 bridgehead atoms. The fraction of sp³-hybridized carbons (Fsp3) is 0. The van der Waals surface area contributed by atoms with Crippen molar-refractivity contribution in [1.29, 1.82) is 0 Å². The Kier molecular flexibility index (Phi) is 20.1. The molecule has 0 atom stereocenters. The molecule has 0 fully saturated rings. The van der Waals surface area contributed by atoms with Crippen LogP contribution >= 0.6 is 12.3 Å². The molecule has 4 heavy (non-hydrogen) atoms. The normalized spacial score (nSPS) is 4.50. The van der Waals surface area contributed by atoms with Gasteiger partial charge in [0.25, 0.3) is 0 Å². The van der Waals surface area contributed by atoms with Crippen LogP contribution in [0.3, 0.4) is 0 Å². The van der Waals surface area contributed by atoms with E-state index in [0.29, 0.717) is 0 Å². The van der Waals surface area contributed by atoms with Gasteiger partial charge in [0.05, 0.1) is 0 Å². The molecule has 0 saturated carbocycles. The molecule has 0 spiro atoms. The van der Waals surface area contributed by atoms with Gasteiger partial charge >= 0.3 is 37.7 Å². The van der Waals surface area contributed by atoms with Crippen molar-refractivity contribution in [2.45, 2.75) is 0 Å². The minimum absolute atomic E-state index is 0. The quantitative estimate of drug-likeness (QED) is 0.332. The van der Waals surface area contributed by atoms with E-state index < -0.39 is 0 Å². The fourth-order valence-electron chi connectivity index (χ4n) is 0. The molecule has 0 aliphatic rings. The molecule has 0 aliphatic heterocycles. The molecule has 4 heteroatoms. The molecule has 0 rings (SSSR count). The summed E-state index contributed by atoms with van der Waals surface area (Å²) in [4.78, 5) is 0. The van der Waals surface area contributed by atoms with Gasteiger partial charge in [0.15, 0.2) is 12.3 Å². The summed E-state index contributed by atoms with van der Waals surface area (Å²) in [5.41, 5.74) is 0. The Morgan fingerprint density at radius 2 is 1.25 bits per heavy atom. The summed E-state index contributed by atoms with van der Waals surface area (Å²) in [6.07, 6.45) is 0. The van der Waals surface area contributed by atoms with Gasteiger partial charge in [-0.05, 0) is 0 Å². The van der Waals surface area contributed by atoms with Gasteiger partial charge in [-0.15, -0.1) is 0 Å². The fourth-order valence-corrected chi connectivity index (χ4v) is 0. The second-order valence-corrected chi connectivity index (χ2v) is 0.245. The van der Waals surface area contributed by atoms with E-state index in [2.05, 4.69) is 0 Å². The monoisotopic (exact) mass is 108 g/mol. The van der Waals surface area contributed by atoms with E-state index in [1.165, 1.54) is 0 Å². The first-order chi connectivity index (χ1) is 1.41. The van der Waals surface area contributed by atoms with Crippen LogP contribution in [0.2, 0.25) is 0 Å². The van der Waals surface area contributed by atoms with E-state index in [9.17, 15) is 0 Å².